The molecule has 0 bridgehead atoms. The van der Waals surface area contributed by atoms with Crippen molar-refractivity contribution in [3.05, 3.63) is 42.0 Å². The van der Waals surface area contributed by atoms with E-state index in [1.54, 1.807) is 0 Å². The van der Waals surface area contributed by atoms with Crippen LogP contribution in [0.25, 0.3) is 6.08 Å². The first-order valence-corrected chi connectivity index (χ1v) is 6.70. The van der Waals surface area contributed by atoms with Crippen molar-refractivity contribution in [2.24, 2.45) is 5.41 Å². The summed E-state index contributed by atoms with van der Waals surface area (Å²) in [6.07, 6.45) is 5.10. The number of nitrogens with zero attached hydrogens (tertiary/aromatic N) is 1. The molecule has 1 heterocycles. The number of aliphatic hydroxyl groups excluding tert-OH is 1. The molecule has 1 unspecified atom stereocenters. The predicted molar refractivity (Wildman–Crippen MR) is 76.3 cm³/mol. The summed E-state index contributed by atoms with van der Waals surface area (Å²) >= 11 is 0. The van der Waals surface area contributed by atoms with Crippen molar-refractivity contribution in [1.82, 2.24) is 4.90 Å². The quantitative estimate of drug-likeness (QED) is 0.885. The van der Waals surface area contributed by atoms with E-state index in [9.17, 15) is 5.11 Å². The van der Waals surface area contributed by atoms with Gasteiger partial charge in [0.05, 0.1) is 6.10 Å². The Labute approximate surface area is 110 Å². The maximum atomic E-state index is 9.91. The molecule has 1 N–H and O–H groups in total. The van der Waals surface area contributed by atoms with Crippen LogP contribution in [0.1, 0.15) is 25.8 Å². The van der Waals surface area contributed by atoms with Gasteiger partial charge in [-0.15, -0.1) is 0 Å². The second kappa shape index (κ2) is 5.68. The lowest BCUT2D eigenvalue weighted by atomic mass is 9.81. The van der Waals surface area contributed by atoms with E-state index in [4.69, 9.17) is 0 Å². The van der Waals surface area contributed by atoms with Crippen LogP contribution in [-0.4, -0.2) is 35.7 Å². The highest BCUT2D eigenvalue weighted by atomic mass is 16.3. The van der Waals surface area contributed by atoms with E-state index in [2.05, 4.69) is 55.2 Å². The minimum atomic E-state index is -0.160. The van der Waals surface area contributed by atoms with E-state index in [0.29, 0.717) is 0 Å². The molecule has 0 spiro atoms. The maximum Gasteiger partial charge on any atom is 0.0615 e. The maximum absolute atomic E-state index is 9.91. The van der Waals surface area contributed by atoms with Crippen LogP contribution in [-0.2, 0) is 0 Å². The molecule has 1 fully saturated rings. The molecular weight excluding hydrogens is 222 g/mol. The van der Waals surface area contributed by atoms with Crippen molar-refractivity contribution >= 4 is 6.08 Å². The van der Waals surface area contributed by atoms with E-state index in [-0.39, 0.29) is 11.5 Å². The van der Waals surface area contributed by atoms with Crippen molar-refractivity contribution < 1.29 is 5.11 Å². The van der Waals surface area contributed by atoms with Gasteiger partial charge in [0.25, 0.3) is 0 Å². The Morgan fingerprint density at radius 2 is 2.06 bits per heavy atom. The Kier molecular flexibility index (Phi) is 4.20. The molecule has 1 aliphatic rings. The van der Waals surface area contributed by atoms with Crippen LogP contribution in [0.5, 0.6) is 0 Å². The van der Waals surface area contributed by atoms with Crippen molar-refractivity contribution in [3.63, 3.8) is 0 Å². The van der Waals surface area contributed by atoms with Crippen LogP contribution < -0.4 is 0 Å². The Balaban J connectivity index is 1.86. The predicted octanol–water partition coefficient (Wildman–Crippen LogP) is 2.79. The van der Waals surface area contributed by atoms with Gasteiger partial charge in [-0.1, -0.05) is 56.3 Å². The molecule has 98 valence electrons. The summed E-state index contributed by atoms with van der Waals surface area (Å²) in [4.78, 5) is 2.41. The lowest BCUT2D eigenvalue weighted by molar-refractivity contribution is -0.0207. The molecule has 0 amide bonds. The van der Waals surface area contributed by atoms with Gasteiger partial charge >= 0.3 is 0 Å². The summed E-state index contributed by atoms with van der Waals surface area (Å²) in [6.45, 7) is 7.21. The molecule has 1 aliphatic heterocycles. The Hall–Kier alpha value is -1.12. The topological polar surface area (TPSA) is 23.5 Å². The van der Waals surface area contributed by atoms with Gasteiger partial charge in [-0.05, 0) is 12.0 Å². The molecule has 0 saturated carbocycles. The summed E-state index contributed by atoms with van der Waals surface area (Å²) in [5, 5.41) is 9.91. The summed E-state index contributed by atoms with van der Waals surface area (Å²) < 4.78 is 0. The molecule has 2 heteroatoms. The second-order valence-corrected chi connectivity index (χ2v) is 5.84. The molecule has 1 atom stereocenters. The Bertz CT molecular complexity index is 397. The third-order valence-electron chi connectivity index (χ3n) is 3.73. The van der Waals surface area contributed by atoms with Gasteiger partial charge in [0, 0.05) is 25.0 Å². The van der Waals surface area contributed by atoms with E-state index in [0.717, 1.165) is 26.1 Å². The molecule has 0 aromatic heterocycles. The lowest BCUT2D eigenvalue weighted by Crippen LogP contribution is -2.48. The molecule has 1 aromatic carbocycles. The number of piperidine rings is 1. The van der Waals surface area contributed by atoms with Crippen LogP contribution in [0.15, 0.2) is 36.4 Å². The fourth-order valence-electron chi connectivity index (χ4n) is 2.51. The molecule has 0 radical (unpaired) electrons. The SMILES string of the molecule is CC1(C)CN(C/C=C/c2ccccc2)CCC1O. The van der Waals surface area contributed by atoms with Crippen molar-refractivity contribution in [3.8, 4) is 0 Å². The summed E-state index contributed by atoms with van der Waals surface area (Å²) in [5.74, 6) is 0. The third-order valence-corrected chi connectivity index (χ3v) is 3.73. The van der Waals surface area contributed by atoms with Gasteiger partial charge < -0.3 is 5.11 Å². The van der Waals surface area contributed by atoms with Gasteiger partial charge in [0.1, 0.15) is 0 Å². The molecule has 18 heavy (non-hydrogen) atoms. The van der Waals surface area contributed by atoms with Crippen LogP contribution >= 0.6 is 0 Å². The standard InChI is InChI=1S/C16H23NO/c1-16(2)13-17(12-10-15(16)18)11-6-9-14-7-4-3-5-8-14/h3-9,15,18H,10-13H2,1-2H3/b9-6+. The van der Waals surface area contributed by atoms with E-state index in [1.807, 2.05) is 6.07 Å². The zero-order valence-electron chi connectivity index (χ0n) is 11.3. The molecule has 2 rings (SSSR count). The van der Waals surface area contributed by atoms with Gasteiger partial charge in [0.2, 0.25) is 0 Å². The second-order valence-electron chi connectivity index (χ2n) is 5.84. The van der Waals surface area contributed by atoms with E-state index in [1.165, 1.54) is 5.56 Å². The summed E-state index contributed by atoms with van der Waals surface area (Å²) in [5.41, 5.74) is 1.26. The lowest BCUT2D eigenvalue weighted by Gasteiger charge is -2.41. The van der Waals surface area contributed by atoms with Crippen LogP contribution in [0.4, 0.5) is 0 Å². The summed E-state index contributed by atoms with van der Waals surface area (Å²) in [7, 11) is 0. The largest absolute Gasteiger partial charge is 0.392 e. The highest BCUT2D eigenvalue weighted by Gasteiger charge is 2.33. The normalized spacial score (nSPS) is 24.5. The summed E-state index contributed by atoms with van der Waals surface area (Å²) in [6, 6.07) is 10.4. The van der Waals surface area contributed by atoms with Gasteiger partial charge in [-0.25, -0.2) is 0 Å². The third kappa shape index (κ3) is 3.44. The first-order chi connectivity index (χ1) is 8.58. The Morgan fingerprint density at radius 3 is 2.72 bits per heavy atom. The van der Waals surface area contributed by atoms with Gasteiger partial charge in [0.15, 0.2) is 0 Å². The number of benzene rings is 1. The van der Waals surface area contributed by atoms with Crippen molar-refractivity contribution in [2.45, 2.75) is 26.4 Å². The molecule has 1 saturated heterocycles. The highest BCUT2D eigenvalue weighted by molar-refractivity contribution is 5.48. The average Bonchev–Trinajstić information content (AvgIpc) is 2.35. The zero-order chi connectivity index (χ0) is 13.0. The molecule has 0 aliphatic carbocycles. The molecule has 2 nitrogen and oxygen atoms in total. The number of rotatable bonds is 3. The van der Waals surface area contributed by atoms with Crippen LogP contribution in [0.2, 0.25) is 0 Å². The number of aliphatic hydroxyl groups is 1. The fourth-order valence-corrected chi connectivity index (χ4v) is 2.51. The fraction of sp³-hybridized carbons (Fsp3) is 0.500. The number of hydrogen-bond acceptors (Lipinski definition) is 2. The minimum absolute atomic E-state index is 0.0127. The first kappa shape index (κ1) is 13.3. The highest BCUT2D eigenvalue weighted by Crippen LogP contribution is 2.28. The smallest absolute Gasteiger partial charge is 0.0615 e. The monoisotopic (exact) mass is 245 g/mol. The number of likely N-dealkylation sites (tertiary alicyclic amines) is 1. The van der Waals surface area contributed by atoms with Gasteiger partial charge in [-0.2, -0.15) is 0 Å². The minimum Gasteiger partial charge on any atom is -0.392 e. The molecule has 1 aromatic rings. The van der Waals surface area contributed by atoms with Crippen molar-refractivity contribution in [1.29, 1.82) is 0 Å². The number of hydrogen-bond donors (Lipinski definition) is 1. The van der Waals surface area contributed by atoms with Crippen LogP contribution in [0, 0.1) is 5.41 Å². The molecular formula is C16H23NO. The van der Waals surface area contributed by atoms with Crippen LogP contribution in [0.3, 0.4) is 0 Å². The van der Waals surface area contributed by atoms with Gasteiger partial charge in [-0.3, -0.25) is 4.90 Å². The Morgan fingerprint density at radius 1 is 1.33 bits per heavy atom. The van der Waals surface area contributed by atoms with E-state index < -0.39 is 0 Å². The van der Waals surface area contributed by atoms with Crippen molar-refractivity contribution in [2.75, 3.05) is 19.6 Å². The first-order valence-electron chi connectivity index (χ1n) is 6.70. The zero-order valence-corrected chi connectivity index (χ0v) is 11.3. The van der Waals surface area contributed by atoms with E-state index >= 15 is 0 Å². The average molecular weight is 245 g/mol.